The van der Waals surface area contributed by atoms with Crippen molar-refractivity contribution in [2.45, 2.75) is 6.54 Å². The zero-order valence-electron chi connectivity index (χ0n) is 13.8. The Morgan fingerprint density at radius 1 is 1.17 bits per heavy atom. The highest BCUT2D eigenvalue weighted by Crippen LogP contribution is 2.12. The Morgan fingerprint density at radius 3 is 2.42 bits per heavy atom. The first kappa shape index (κ1) is 21.6. The molecular weight excluding hydrogens is 461 g/mol. The maximum atomic E-state index is 12.2. The second kappa shape index (κ2) is 11.2. The van der Waals surface area contributed by atoms with Gasteiger partial charge < -0.3 is 15.2 Å². The first-order chi connectivity index (χ1) is 11.1. The maximum Gasteiger partial charge on any atom is 0.215 e. The highest BCUT2D eigenvalue weighted by molar-refractivity contribution is 14.0. The number of hydrogen-bond donors (Lipinski definition) is 2. The van der Waals surface area contributed by atoms with Crippen LogP contribution in [0.15, 0.2) is 29.5 Å². The van der Waals surface area contributed by atoms with Crippen LogP contribution in [0.5, 0.6) is 0 Å². The van der Waals surface area contributed by atoms with E-state index >= 15 is 0 Å². The number of aliphatic imine (C=N–C) groups is 1. The molecule has 2 heterocycles. The summed E-state index contributed by atoms with van der Waals surface area (Å²) in [6.45, 7) is 3.16. The molecule has 0 spiro atoms. The van der Waals surface area contributed by atoms with Crippen LogP contribution in [-0.4, -0.2) is 73.7 Å². The number of nitrogens with zero attached hydrogens (tertiary/aromatic N) is 3. The summed E-state index contributed by atoms with van der Waals surface area (Å²) in [5.41, 5.74) is 0. The third kappa shape index (κ3) is 7.19. The van der Waals surface area contributed by atoms with Crippen LogP contribution in [0.25, 0.3) is 0 Å². The van der Waals surface area contributed by atoms with Gasteiger partial charge in [-0.1, -0.05) is 0 Å². The van der Waals surface area contributed by atoms with Crippen molar-refractivity contribution >= 4 is 51.7 Å². The van der Waals surface area contributed by atoms with Crippen molar-refractivity contribution in [3.8, 4) is 0 Å². The van der Waals surface area contributed by atoms with Crippen LogP contribution >= 0.6 is 35.7 Å². The number of nitrogens with one attached hydrogen (secondary N) is 2. The lowest BCUT2D eigenvalue weighted by Crippen LogP contribution is -2.44. The molecule has 24 heavy (non-hydrogen) atoms. The van der Waals surface area contributed by atoms with Crippen LogP contribution in [0.2, 0.25) is 0 Å². The molecule has 2 N–H and O–H groups in total. The molecular formula is C14H26IN5O2S2. The summed E-state index contributed by atoms with van der Waals surface area (Å²) in [5, 5.41) is 6.24. The smallest absolute Gasteiger partial charge is 0.215 e. The lowest BCUT2D eigenvalue weighted by atomic mass is 10.6. The van der Waals surface area contributed by atoms with Crippen molar-refractivity contribution in [1.82, 2.24) is 19.5 Å². The molecule has 0 saturated carbocycles. The highest BCUT2D eigenvalue weighted by atomic mass is 127. The Bertz CT molecular complexity index is 586. The third-order valence-electron chi connectivity index (χ3n) is 3.57. The van der Waals surface area contributed by atoms with Crippen molar-refractivity contribution < 1.29 is 8.42 Å². The van der Waals surface area contributed by atoms with Crippen molar-refractivity contribution in [3.63, 3.8) is 0 Å². The summed E-state index contributed by atoms with van der Waals surface area (Å²) in [7, 11) is -1.49. The number of sulfonamides is 1. The van der Waals surface area contributed by atoms with E-state index in [1.54, 1.807) is 23.1 Å². The molecule has 0 unspecified atom stereocenters. The predicted molar refractivity (Wildman–Crippen MR) is 112 cm³/mol. The number of guanidine groups is 1. The second-order valence-electron chi connectivity index (χ2n) is 5.17. The minimum Gasteiger partial charge on any atom is -0.355 e. The van der Waals surface area contributed by atoms with Gasteiger partial charge in [0.1, 0.15) is 0 Å². The van der Waals surface area contributed by atoms with Gasteiger partial charge in [0.25, 0.3) is 0 Å². The molecule has 7 nitrogen and oxygen atoms in total. The van der Waals surface area contributed by atoms with E-state index < -0.39 is 10.0 Å². The van der Waals surface area contributed by atoms with Crippen molar-refractivity contribution in [2.24, 2.45) is 4.99 Å². The molecule has 1 aromatic rings. The van der Waals surface area contributed by atoms with Gasteiger partial charge in [-0.05, 0) is 12.1 Å². The van der Waals surface area contributed by atoms with E-state index in [0.717, 1.165) is 24.6 Å². The van der Waals surface area contributed by atoms with Gasteiger partial charge in [-0.15, -0.1) is 24.0 Å². The predicted octanol–water partition coefficient (Wildman–Crippen LogP) is 0.650. The quantitative estimate of drug-likeness (QED) is 0.336. The fraction of sp³-hybridized carbons (Fsp3) is 0.643. The molecule has 2 rings (SSSR count). The highest BCUT2D eigenvalue weighted by Gasteiger charge is 2.23. The SMILES string of the molecule is CN=C(NCCn1cccc1)NCCS(=O)(=O)N1CCSCC1.I. The summed E-state index contributed by atoms with van der Waals surface area (Å²) >= 11 is 1.80. The van der Waals surface area contributed by atoms with Gasteiger partial charge in [0.05, 0.1) is 5.75 Å². The Labute approximate surface area is 165 Å². The molecule has 1 aliphatic rings. The third-order valence-corrected chi connectivity index (χ3v) is 6.38. The number of halogens is 1. The van der Waals surface area contributed by atoms with Crippen LogP contribution in [0.3, 0.4) is 0 Å². The maximum absolute atomic E-state index is 12.2. The Balaban J connectivity index is 0.00000288. The zero-order valence-corrected chi connectivity index (χ0v) is 17.8. The summed E-state index contributed by atoms with van der Waals surface area (Å²) in [4.78, 5) is 4.11. The zero-order chi connectivity index (χ0) is 16.5. The fourth-order valence-electron chi connectivity index (χ4n) is 2.30. The van der Waals surface area contributed by atoms with E-state index in [-0.39, 0.29) is 29.7 Å². The van der Waals surface area contributed by atoms with Crippen LogP contribution in [0.1, 0.15) is 0 Å². The second-order valence-corrected chi connectivity index (χ2v) is 8.49. The van der Waals surface area contributed by atoms with Gasteiger partial charge in [0.15, 0.2) is 5.96 Å². The van der Waals surface area contributed by atoms with Crippen molar-refractivity contribution in [2.75, 3.05) is 50.5 Å². The minimum absolute atomic E-state index is 0. The molecule has 0 bridgehead atoms. The Hall–Kier alpha value is -0.460. The van der Waals surface area contributed by atoms with E-state index in [0.29, 0.717) is 25.6 Å². The summed E-state index contributed by atoms with van der Waals surface area (Å²) in [5.74, 6) is 2.49. The monoisotopic (exact) mass is 487 g/mol. The average Bonchev–Trinajstić information content (AvgIpc) is 3.07. The largest absolute Gasteiger partial charge is 0.355 e. The standard InChI is InChI=1S/C14H25N5O2S2.HI/c1-15-14(16-4-8-18-6-2-3-7-18)17-5-13-23(20,21)19-9-11-22-12-10-19;/h2-3,6-7H,4-5,8-13H2,1H3,(H2,15,16,17);1H. The molecule has 0 aromatic carbocycles. The van der Waals surface area contributed by atoms with Gasteiger partial charge in [0, 0.05) is 63.7 Å². The molecule has 1 aromatic heterocycles. The summed E-state index contributed by atoms with van der Waals surface area (Å²) in [6.07, 6.45) is 4.00. The molecule has 0 radical (unpaired) electrons. The number of hydrogen-bond acceptors (Lipinski definition) is 4. The minimum atomic E-state index is -3.17. The average molecular weight is 487 g/mol. The molecule has 1 aliphatic heterocycles. The number of thioether (sulfide) groups is 1. The Kier molecular flexibility index (Phi) is 10.1. The number of rotatable bonds is 7. The fourth-order valence-corrected chi connectivity index (χ4v) is 4.79. The van der Waals surface area contributed by atoms with Crippen LogP contribution in [0, 0.1) is 0 Å². The van der Waals surface area contributed by atoms with Gasteiger partial charge in [0.2, 0.25) is 10.0 Å². The summed E-state index contributed by atoms with van der Waals surface area (Å²) < 4.78 is 28.1. The van der Waals surface area contributed by atoms with E-state index in [4.69, 9.17) is 0 Å². The molecule has 10 heteroatoms. The van der Waals surface area contributed by atoms with E-state index in [1.807, 2.05) is 24.5 Å². The molecule has 138 valence electrons. The molecule has 0 aliphatic carbocycles. The van der Waals surface area contributed by atoms with Crippen molar-refractivity contribution in [3.05, 3.63) is 24.5 Å². The van der Waals surface area contributed by atoms with E-state index in [2.05, 4.69) is 20.2 Å². The topological polar surface area (TPSA) is 78.7 Å². The van der Waals surface area contributed by atoms with Crippen LogP contribution < -0.4 is 10.6 Å². The Morgan fingerprint density at radius 2 is 1.79 bits per heavy atom. The number of aromatic nitrogens is 1. The van der Waals surface area contributed by atoms with Crippen LogP contribution in [-0.2, 0) is 16.6 Å². The van der Waals surface area contributed by atoms with Gasteiger partial charge in [-0.3, -0.25) is 4.99 Å². The van der Waals surface area contributed by atoms with E-state index in [9.17, 15) is 8.42 Å². The van der Waals surface area contributed by atoms with Gasteiger partial charge in [-0.25, -0.2) is 12.7 Å². The molecule has 0 atom stereocenters. The lowest BCUT2D eigenvalue weighted by molar-refractivity contribution is 0.443. The first-order valence-electron chi connectivity index (χ1n) is 7.72. The normalized spacial score (nSPS) is 16.5. The van der Waals surface area contributed by atoms with E-state index in [1.165, 1.54) is 0 Å². The van der Waals surface area contributed by atoms with Gasteiger partial charge in [-0.2, -0.15) is 11.8 Å². The summed E-state index contributed by atoms with van der Waals surface area (Å²) in [6, 6.07) is 3.97. The molecule has 1 fully saturated rings. The van der Waals surface area contributed by atoms with Crippen LogP contribution in [0.4, 0.5) is 0 Å². The molecule has 1 saturated heterocycles. The first-order valence-corrected chi connectivity index (χ1v) is 10.5. The molecule has 0 amide bonds. The lowest BCUT2D eigenvalue weighted by Gasteiger charge is -2.25. The van der Waals surface area contributed by atoms with Gasteiger partial charge >= 0.3 is 0 Å². The van der Waals surface area contributed by atoms with Crippen molar-refractivity contribution in [1.29, 1.82) is 0 Å².